The average molecular weight is 190 g/mol. The molecule has 1 unspecified atom stereocenters. The predicted octanol–water partition coefficient (Wildman–Crippen LogP) is 0.502. The maximum absolute atomic E-state index is 11.2. The molecule has 0 bridgehead atoms. The van der Waals surface area contributed by atoms with E-state index in [1.54, 1.807) is 12.2 Å². The molecule has 1 atom stereocenters. The van der Waals surface area contributed by atoms with Crippen LogP contribution < -0.4 is 0 Å². The van der Waals surface area contributed by atoms with Crippen LogP contribution in [0, 0.1) is 0 Å². The Morgan fingerprint density at radius 2 is 2.25 bits per heavy atom. The van der Waals surface area contributed by atoms with Gasteiger partial charge in [-0.3, -0.25) is 0 Å². The number of hydrogen-bond donors (Lipinski definition) is 1. The van der Waals surface area contributed by atoms with Gasteiger partial charge in [-0.1, -0.05) is 12.2 Å². The first kappa shape index (κ1) is 9.74. The number of aliphatic hydroxyl groups excluding tert-OH is 1. The van der Waals surface area contributed by atoms with Gasteiger partial charge in [0.2, 0.25) is 0 Å². The fourth-order valence-electron chi connectivity index (χ4n) is 1.36. The van der Waals surface area contributed by atoms with Crippen LogP contribution in [-0.2, 0) is 9.84 Å². The van der Waals surface area contributed by atoms with Crippen LogP contribution in [0.2, 0.25) is 0 Å². The molecule has 12 heavy (non-hydrogen) atoms. The lowest BCUT2D eigenvalue weighted by molar-refractivity contribution is 0.302. The molecule has 1 heterocycles. The molecule has 0 amide bonds. The van der Waals surface area contributed by atoms with Crippen molar-refractivity contribution in [2.24, 2.45) is 0 Å². The van der Waals surface area contributed by atoms with Crippen molar-refractivity contribution < 1.29 is 13.5 Å². The molecule has 0 spiro atoms. The Morgan fingerprint density at radius 1 is 1.50 bits per heavy atom. The summed E-state index contributed by atoms with van der Waals surface area (Å²) in [5.41, 5.74) is 0. The Morgan fingerprint density at radius 3 is 2.75 bits per heavy atom. The highest BCUT2D eigenvalue weighted by Gasteiger charge is 2.28. The van der Waals surface area contributed by atoms with Crippen LogP contribution in [0.25, 0.3) is 0 Å². The van der Waals surface area contributed by atoms with E-state index in [1.807, 2.05) is 0 Å². The average Bonchev–Trinajstić information content (AvgIpc) is 2.32. The van der Waals surface area contributed by atoms with Gasteiger partial charge in [0, 0.05) is 6.61 Å². The maximum atomic E-state index is 11.2. The first-order valence-electron chi connectivity index (χ1n) is 4.16. The second kappa shape index (κ2) is 4.05. The van der Waals surface area contributed by atoms with Crippen LogP contribution in [0.3, 0.4) is 0 Å². The maximum Gasteiger partial charge on any atom is 0.156 e. The van der Waals surface area contributed by atoms with Crippen molar-refractivity contribution in [3.8, 4) is 0 Å². The van der Waals surface area contributed by atoms with E-state index in [4.69, 9.17) is 5.11 Å². The second-order valence-corrected chi connectivity index (χ2v) is 5.33. The van der Waals surface area contributed by atoms with E-state index in [0.29, 0.717) is 12.2 Å². The van der Waals surface area contributed by atoms with Crippen molar-refractivity contribution in [1.82, 2.24) is 0 Å². The van der Waals surface area contributed by atoms with Gasteiger partial charge in [0.15, 0.2) is 9.84 Å². The molecular weight excluding hydrogens is 176 g/mol. The largest absolute Gasteiger partial charge is 0.396 e. The molecule has 0 aromatic carbocycles. The van der Waals surface area contributed by atoms with Crippen molar-refractivity contribution in [3.05, 3.63) is 12.2 Å². The van der Waals surface area contributed by atoms with Crippen LogP contribution in [0.15, 0.2) is 12.2 Å². The minimum atomic E-state index is -2.84. The zero-order valence-corrected chi connectivity index (χ0v) is 7.76. The molecule has 1 aliphatic rings. The highest BCUT2D eigenvalue weighted by atomic mass is 32.2. The molecule has 4 heteroatoms. The quantitative estimate of drug-likeness (QED) is 0.659. The van der Waals surface area contributed by atoms with Crippen LogP contribution >= 0.6 is 0 Å². The highest BCUT2D eigenvalue weighted by molar-refractivity contribution is 7.92. The minimum absolute atomic E-state index is 0.0866. The molecule has 3 nitrogen and oxygen atoms in total. The van der Waals surface area contributed by atoms with Gasteiger partial charge in [0.05, 0.1) is 11.0 Å². The molecule has 1 fully saturated rings. The normalized spacial score (nSPS) is 28.2. The standard InChI is InChI=1S/C8H14O3S/c9-6-2-1-4-8-5-3-7-12(8,10)11/h1,4,8-9H,2-3,5-7H2/b4-1-. The van der Waals surface area contributed by atoms with Gasteiger partial charge in [0.1, 0.15) is 0 Å². The van der Waals surface area contributed by atoms with Crippen molar-refractivity contribution in [2.45, 2.75) is 24.5 Å². The van der Waals surface area contributed by atoms with Crippen LogP contribution in [0.5, 0.6) is 0 Å². The summed E-state index contributed by atoms with van der Waals surface area (Å²) >= 11 is 0. The molecule has 0 aromatic heterocycles. The molecule has 1 saturated heterocycles. The van der Waals surface area contributed by atoms with Gasteiger partial charge in [-0.25, -0.2) is 8.42 Å². The van der Waals surface area contributed by atoms with Gasteiger partial charge in [0.25, 0.3) is 0 Å². The molecule has 0 aliphatic carbocycles. The minimum Gasteiger partial charge on any atom is -0.396 e. The number of aliphatic hydroxyl groups is 1. The lowest BCUT2D eigenvalue weighted by Crippen LogP contribution is -2.12. The van der Waals surface area contributed by atoms with E-state index in [-0.39, 0.29) is 11.9 Å². The molecule has 0 saturated carbocycles. The van der Waals surface area contributed by atoms with Crippen LogP contribution in [0.1, 0.15) is 19.3 Å². The topological polar surface area (TPSA) is 54.4 Å². The summed E-state index contributed by atoms with van der Waals surface area (Å²) in [5.74, 6) is 0.321. The Bertz CT molecular complexity index is 253. The second-order valence-electron chi connectivity index (χ2n) is 2.99. The summed E-state index contributed by atoms with van der Waals surface area (Å²) < 4.78 is 22.5. The first-order chi connectivity index (χ1) is 5.67. The Balaban J connectivity index is 2.53. The van der Waals surface area contributed by atoms with Gasteiger partial charge in [-0.15, -0.1) is 0 Å². The van der Waals surface area contributed by atoms with E-state index in [2.05, 4.69) is 0 Å². The molecular formula is C8H14O3S. The summed E-state index contributed by atoms with van der Waals surface area (Å²) in [6.45, 7) is 0.0866. The summed E-state index contributed by atoms with van der Waals surface area (Å²) in [5, 5.41) is 8.18. The van der Waals surface area contributed by atoms with Gasteiger partial charge < -0.3 is 5.11 Å². The molecule has 0 aromatic rings. The van der Waals surface area contributed by atoms with E-state index in [9.17, 15) is 8.42 Å². The van der Waals surface area contributed by atoms with E-state index < -0.39 is 9.84 Å². The monoisotopic (exact) mass is 190 g/mol. The van der Waals surface area contributed by atoms with E-state index >= 15 is 0 Å². The van der Waals surface area contributed by atoms with Crippen molar-refractivity contribution in [2.75, 3.05) is 12.4 Å². The Labute approximate surface area is 73.0 Å². The SMILES string of the molecule is O=S1(=O)CCCC1/C=C\CCO. The number of rotatable bonds is 3. The fraction of sp³-hybridized carbons (Fsp3) is 0.750. The molecule has 1 rings (SSSR count). The predicted molar refractivity (Wildman–Crippen MR) is 47.7 cm³/mol. The number of sulfone groups is 1. The third kappa shape index (κ3) is 2.32. The molecule has 0 radical (unpaired) electrons. The highest BCUT2D eigenvalue weighted by Crippen LogP contribution is 2.20. The Kier molecular flexibility index (Phi) is 3.29. The smallest absolute Gasteiger partial charge is 0.156 e. The van der Waals surface area contributed by atoms with Crippen molar-refractivity contribution in [3.63, 3.8) is 0 Å². The summed E-state index contributed by atoms with van der Waals surface area (Å²) in [6, 6.07) is 0. The third-order valence-corrected chi connectivity index (χ3v) is 4.20. The summed E-state index contributed by atoms with van der Waals surface area (Å²) in [7, 11) is -2.84. The fourth-order valence-corrected chi connectivity index (χ4v) is 3.10. The van der Waals surface area contributed by atoms with Crippen molar-refractivity contribution in [1.29, 1.82) is 0 Å². The van der Waals surface area contributed by atoms with E-state index in [0.717, 1.165) is 12.8 Å². The zero-order valence-electron chi connectivity index (χ0n) is 6.94. The van der Waals surface area contributed by atoms with E-state index in [1.165, 1.54) is 0 Å². The van der Waals surface area contributed by atoms with Gasteiger partial charge >= 0.3 is 0 Å². The van der Waals surface area contributed by atoms with Gasteiger partial charge in [-0.2, -0.15) is 0 Å². The molecule has 1 N–H and O–H groups in total. The van der Waals surface area contributed by atoms with Crippen LogP contribution in [-0.4, -0.2) is 31.1 Å². The van der Waals surface area contributed by atoms with Gasteiger partial charge in [-0.05, 0) is 19.3 Å². The molecule has 1 aliphatic heterocycles. The van der Waals surface area contributed by atoms with Crippen LogP contribution in [0.4, 0.5) is 0 Å². The first-order valence-corrected chi connectivity index (χ1v) is 5.87. The summed E-state index contributed by atoms with van der Waals surface area (Å²) in [6.07, 6.45) is 5.51. The zero-order chi connectivity index (χ0) is 9.03. The third-order valence-electron chi connectivity index (χ3n) is 2.03. The summed E-state index contributed by atoms with van der Waals surface area (Å²) in [4.78, 5) is 0. The number of hydrogen-bond acceptors (Lipinski definition) is 3. The molecule has 70 valence electrons. The lowest BCUT2D eigenvalue weighted by atomic mass is 10.2. The lowest BCUT2D eigenvalue weighted by Gasteiger charge is -2.00. The Hall–Kier alpha value is -0.350. The van der Waals surface area contributed by atoms with Crippen molar-refractivity contribution >= 4 is 9.84 Å².